The van der Waals surface area contributed by atoms with Gasteiger partial charge in [0.05, 0.1) is 12.6 Å². The molecular formula is C12H17FN2O2. The topological polar surface area (TPSA) is 66.6 Å². The number of likely N-dealkylation sites (N-methyl/N-ethyl adjacent to an activating group) is 1. The van der Waals surface area contributed by atoms with Gasteiger partial charge in [-0.25, -0.2) is 4.39 Å². The minimum Gasteiger partial charge on any atom is -0.389 e. The van der Waals surface area contributed by atoms with Gasteiger partial charge in [0, 0.05) is 17.8 Å². The third-order valence-corrected chi connectivity index (χ3v) is 2.52. The van der Waals surface area contributed by atoms with Crippen molar-refractivity contribution in [1.29, 1.82) is 0 Å². The number of amides is 1. The van der Waals surface area contributed by atoms with Crippen LogP contribution < -0.4 is 10.6 Å². The van der Waals surface area contributed by atoms with Gasteiger partial charge in [-0.3, -0.25) is 4.79 Å². The number of primary amides is 1. The van der Waals surface area contributed by atoms with Gasteiger partial charge in [-0.2, -0.15) is 0 Å². The molecule has 94 valence electrons. The summed E-state index contributed by atoms with van der Waals surface area (Å²) in [4.78, 5) is 12.6. The van der Waals surface area contributed by atoms with Crippen LogP contribution in [0.1, 0.15) is 25.5 Å². The molecule has 0 heterocycles. The molecule has 1 amide bonds. The van der Waals surface area contributed by atoms with Crippen LogP contribution in [-0.4, -0.2) is 24.1 Å². The summed E-state index contributed by atoms with van der Waals surface area (Å²) in [6.45, 7) is 3.82. The van der Waals surface area contributed by atoms with Crippen molar-refractivity contribution in [3.05, 3.63) is 29.6 Å². The molecule has 5 heteroatoms. The van der Waals surface area contributed by atoms with Crippen molar-refractivity contribution in [2.24, 2.45) is 5.73 Å². The van der Waals surface area contributed by atoms with E-state index in [4.69, 9.17) is 5.73 Å². The lowest BCUT2D eigenvalue weighted by Gasteiger charge is -2.25. The van der Waals surface area contributed by atoms with Crippen LogP contribution >= 0.6 is 0 Å². The molecule has 0 unspecified atom stereocenters. The Bertz CT molecular complexity index is 407. The fraction of sp³-hybridized carbons (Fsp3) is 0.417. The number of anilines is 1. The van der Waals surface area contributed by atoms with E-state index in [1.807, 2.05) is 6.92 Å². The van der Waals surface area contributed by atoms with E-state index in [2.05, 4.69) is 0 Å². The van der Waals surface area contributed by atoms with Crippen molar-refractivity contribution >= 4 is 11.6 Å². The van der Waals surface area contributed by atoms with Gasteiger partial charge < -0.3 is 15.7 Å². The van der Waals surface area contributed by atoms with Crippen LogP contribution in [-0.2, 0) is 4.79 Å². The van der Waals surface area contributed by atoms with Crippen molar-refractivity contribution in [3.63, 3.8) is 0 Å². The van der Waals surface area contributed by atoms with Gasteiger partial charge in [-0.1, -0.05) is 6.07 Å². The van der Waals surface area contributed by atoms with E-state index in [9.17, 15) is 14.3 Å². The fourth-order valence-corrected chi connectivity index (χ4v) is 1.77. The third-order valence-electron chi connectivity index (χ3n) is 2.52. The molecule has 1 aromatic carbocycles. The summed E-state index contributed by atoms with van der Waals surface area (Å²) in [6, 6.07) is 4.49. The van der Waals surface area contributed by atoms with Crippen LogP contribution in [0.2, 0.25) is 0 Å². The SMILES string of the molecule is CCN(CC(N)=O)c1cccc(F)c1[C@@H](C)O. The van der Waals surface area contributed by atoms with Gasteiger partial charge in [-0.05, 0) is 26.0 Å². The largest absolute Gasteiger partial charge is 0.389 e. The van der Waals surface area contributed by atoms with Gasteiger partial charge in [0.15, 0.2) is 0 Å². The molecule has 0 aliphatic carbocycles. The van der Waals surface area contributed by atoms with E-state index in [1.165, 1.54) is 13.0 Å². The van der Waals surface area contributed by atoms with Crippen LogP contribution in [0.15, 0.2) is 18.2 Å². The number of aliphatic hydroxyl groups is 1. The Balaban J connectivity index is 3.18. The van der Waals surface area contributed by atoms with Gasteiger partial charge in [-0.15, -0.1) is 0 Å². The zero-order chi connectivity index (χ0) is 13.0. The highest BCUT2D eigenvalue weighted by atomic mass is 19.1. The second-order valence-electron chi connectivity index (χ2n) is 3.83. The number of hydrogen-bond acceptors (Lipinski definition) is 3. The highest BCUT2D eigenvalue weighted by Crippen LogP contribution is 2.28. The van der Waals surface area contributed by atoms with Crippen molar-refractivity contribution in [2.45, 2.75) is 20.0 Å². The lowest BCUT2D eigenvalue weighted by molar-refractivity contribution is -0.116. The lowest BCUT2D eigenvalue weighted by Crippen LogP contribution is -2.34. The molecule has 0 aromatic heterocycles. The van der Waals surface area contributed by atoms with Gasteiger partial charge in [0.25, 0.3) is 0 Å². The Hall–Kier alpha value is -1.62. The van der Waals surface area contributed by atoms with E-state index >= 15 is 0 Å². The molecule has 0 aliphatic rings. The molecule has 0 aliphatic heterocycles. The average Bonchev–Trinajstić information content (AvgIpc) is 2.24. The summed E-state index contributed by atoms with van der Waals surface area (Å²) in [5.41, 5.74) is 5.83. The number of aliphatic hydroxyl groups excluding tert-OH is 1. The third kappa shape index (κ3) is 3.17. The minimum atomic E-state index is -0.937. The maximum absolute atomic E-state index is 13.6. The summed E-state index contributed by atoms with van der Waals surface area (Å²) in [7, 11) is 0. The van der Waals surface area contributed by atoms with E-state index in [-0.39, 0.29) is 12.1 Å². The molecule has 1 atom stereocenters. The van der Waals surface area contributed by atoms with Crippen molar-refractivity contribution in [3.8, 4) is 0 Å². The summed E-state index contributed by atoms with van der Waals surface area (Å²) in [5.74, 6) is -0.979. The lowest BCUT2D eigenvalue weighted by atomic mass is 10.1. The Labute approximate surface area is 99.8 Å². The van der Waals surface area contributed by atoms with E-state index < -0.39 is 17.8 Å². The second kappa shape index (κ2) is 5.63. The molecule has 3 N–H and O–H groups in total. The number of benzene rings is 1. The molecule has 1 aromatic rings. The normalized spacial score (nSPS) is 12.2. The van der Waals surface area contributed by atoms with Crippen LogP contribution in [0.3, 0.4) is 0 Å². The minimum absolute atomic E-state index is 0.000324. The highest BCUT2D eigenvalue weighted by Gasteiger charge is 2.18. The van der Waals surface area contributed by atoms with Crippen molar-refractivity contribution in [1.82, 2.24) is 0 Å². The van der Waals surface area contributed by atoms with Crippen LogP contribution in [0.4, 0.5) is 10.1 Å². The maximum Gasteiger partial charge on any atom is 0.236 e. The number of nitrogens with zero attached hydrogens (tertiary/aromatic N) is 1. The monoisotopic (exact) mass is 240 g/mol. The molecular weight excluding hydrogens is 223 g/mol. The molecule has 0 saturated carbocycles. The molecule has 17 heavy (non-hydrogen) atoms. The predicted molar refractivity (Wildman–Crippen MR) is 64.1 cm³/mol. The van der Waals surface area contributed by atoms with Crippen molar-refractivity contribution < 1.29 is 14.3 Å². The summed E-state index contributed by atoms with van der Waals surface area (Å²) in [5, 5.41) is 9.58. The van der Waals surface area contributed by atoms with Gasteiger partial charge in [0.2, 0.25) is 5.91 Å². The molecule has 0 radical (unpaired) electrons. The van der Waals surface area contributed by atoms with Crippen LogP contribution in [0, 0.1) is 5.82 Å². The second-order valence-corrected chi connectivity index (χ2v) is 3.83. The first-order chi connectivity index (χ1) is 7.97. The zero-order valence-corrected chi connectivity index (χ0v) is 9.98. The number of halogens is 1. The summed E-state index contributed by atoms with van der Waals surface area (Å²) >= 11 is 0. The first-order valence-corrected chi connectivity index (χ1v) is 5.47. The van der Waals surface area contributed by atoms with Gasteiger partial charge >= 0.3 is 0 Å². The number of nitrogens with two attached hydrogens (primary N) is 1. The molecule has 0 bridgehead atoms. The summed E-state index contributed by atoms with van der Waals surface area (Å²) in [6.07, 6.45) is -0.937. The number of carbonyl (C=O) groups excluding carboxylic acids is 1. The number of rotatable bonds is 5. The number of carbonyl (C=O) groups is 1. The van der Waals surface area contributed by atoms with Gasteiger partial charge in [0.1, 0.15) is 5.82 Å². The van der Waals surface area contributed by atoms with Crippen molar-refractivity contribution in [2.75, 3.05) is 18.0 Å². The van der Waals surface area contributed by atoms with E-state index in [0.717, 1.165) is 0 Å². The molecule has 0 saturated heterocycles. The molecule has 0 fully saturated rings. The van der Waals surface area contributed by atoms with Crippen LogP contribution in [0.25, 0.3) is 0 Å². The first-order valence-electron chi connectivity index (χ1n) is 5.47. The number of hydrogen-bond donors (Lipinski definition) is 2. The van der Waals surface area contributed by atoms with E-state index in [0.29, 0.717) is 12.2 Å². The first kappa shape index (κ1) is 13.4. The van der Waals surface area contributed by atoms with E-state index in [1.54, 1.807) is 17.0 Å². The Morgan fingerprint density at radius 2 is 2.24 bits per heavy atom. The zero-order valence-electron chi connectivity index (χ0n) is 9.98. The Kier molecular flexibility index (Phi) is 4.45. The molecule has 1 rings (SSSR count). The fourth-order valence-electron chi connectivity index (χ4n) is 1.77. The molecule has 4 nitrogen and oxygen atoms in total. The smallest absolute Gasteiger partial charge is 0.236 e. The maximum atomic E-state index is 13.6. The predicted octanol–water partition coefficient (Wildman–Crippen LogP) is 1.19. The average molecular weight is 240 g/mol. The highest BCUT2D eigenvalue weighted by molar-refractivity contribution is 5.80. The Morgan fingerprint density at radius 3 is 2.71 bits per heavy atom. The summed E-state index contributed by atoms with van der Waals surface area (Å²) < 4.78 is 13.6. The quantitative estimate of drug-likeness (QED) is 0.812. The van der Waals surface area contributed by atoms with Crippen LogP contribution in [0.5, 0.6) is 0 Å². The standard InChI is InChI=1S/C12H17FN2O2/c1-3-15(7-11(14)17)10-6-4-5-9(13)12(10)8(2)16/h4-6,8,16H,3,7H2,1-2H3,(H2,14,17)/t8-/m1/s1. The molecule has 0 spiro atoms. The Morgan fingerprint density at radius 1 is 1.59 bits per heavy atom.